The van der Waals surface area contributed by atoms with E-state index in [-0.39, 0.29) is 11.8 Å². The van der Waals surface area contributed by atoms with Crippen LogP contribution in [0.1, 0.15) is 45.1 Å². The second-order valence-corrected chi connectivity index (χ2v) is 8.03. The number of anilines is 1. The standard InChI is InChI=1S/C20H28N4O2/c1-13-15(14(2)23-22-13)7-8-18(25)24-11-9-20(10-12-24)16-5-3-4-6-17(16)21-19(20)26/h3-6,13-15,22-23H,7-12H2,1-2H3,(H,21,26). The first-order valence-corrected chi connectivity index (χ1v) is 9.71. The van der Waals surface area contributed by atoms with Gasteiger partial charge in [-0.25, -0.2) is 0 Å². The molecule has 3 aliphatic rings. The zero-order chi connectivity index (χ0) is 18.3. The van der Waals surface area contributed by atoms with E-state index in [9.17, 15) is 9.59 Å². The first kappa shape index (κ1) is 17.5. The Balaban J connectivity index is 1.36. The van der Waals surface area contributed by atoms with Crippen LogP contribution in [0.15, 0.2) is 24.3 Å². The minimum Gasteiger partial charge on any atom is -0.343 e. The molecule has 0 saturated carbocycles. The molecule has 6 heteroatoms. The van der Waals surface area contributed by atoms with Crippen LogP contribution < -0.4 is 16.2 Å². The van der Waals surface area contributed by atoms with Gasteiger partial charge in [-0.15, -0.1) is 0 Å². The quantitative estimate of drug-likeness (QED) is 0.772. The zero-order valence-electron chi connectivity index (χ0n) is 15.5. The highest BCUT2D eigenvalue weighted by Crippen LogP contribution is 2.44. The second kappa shape index (κ2) is 6.67. The van der Waals surface area contributed by atoms with Gasteiger partial charge in [0.15, 0.2) is 0 Å². The van der Waals surface area contributed by atoms with Crippen LogP contribution in [-0.4, -0.2) is 41.9 Å². The third kappa shape index (κ3) is 2.81. The van der Waals surface area contributed by atoms with Gasteiger partial charge in [0.1, 0.15) is 0 Å². The Morgan fingerprint density at radius 1 is 1.15 bits per heavy atom. The highest BCUT2D eigenvalue weighted by molar-refractivity contribution is 6.06. The van der Waals surface area contributed by atoms with Crippen LogP contribution in [0.5, 0.6) is 0 Å². The molecule has 3 heterocycles. The molecule has 26 heavy (non-hydrogen) atoms. The smallest absolute Gasteiger partial charge is 0.235 e. The van der Waals surface area contributed by atoms with Crippen LogP contribution in [-0.2, 0) is 15.0 Å². The van der Waals surface area contributed by atoms with Gasteiger partial charge in [-0.1, -0.05) is 18.2 Å². The maximum absolute atomic E-state index is 12.7. The number of hydrogen-bond acceptors (Lipinski definition) is 4. The maximum atomic E-state index is 12.7. The van der Waals surface area contributed by atoms with E-state index in [1.165, 1.54) is 0 Å². The number of para-hydroxylation sites is 1. The molecule has 0 bridgehead atoms. The number of rotatable bonds is 3. The fourth-order valence-corrected chi connectivity index (χ4v) is 4.87. The lowest BCUT2D eigenvalue weighted by atomic mass is 9.73. The number of nitrogens with zero attached hydrogens (tertiary/aromatic N) is 1. The van der Waals surface area contributed by atoms with Crippen LogP contribution in [0.25, 0.3) is 0 Å². The number of carbonyl (C=O) groups is 2. The number of likely N-dealkylation sites (tertiary alicyclic amines) is 1. The van der Waals surface area contributed by atoms with Crippen molar-refractivity contribution in [2.24, 2.45) is 5.92 Å². The van der Waals surface area contributed by atoms with E-state index in [0.717, 1.165) is 17.7 Å². The molecule has 0 aromatic heterocycles. The summed E-state index contributed by atoms with van der Waals surface area (Å²) in [4.78, 5) is 27.3. The van der Waals surface area contributed by atoms with Gasteiger partial charge in [0.25, 0.3) is 0 Å². The summed E-state index contributed by atoms with van der Waals surface area (Å²) in [5.41, 5.74) is 8.08. The highest BCUT2D eigenvalue weighted by atomic mass is 16.2. The van der Waals surface area contributed by atoms with Gasteiger partial charge in [0.05, 0.1) is 5.41 Å². The molecule has 4 rings (SSSR count). The van der Waals surface area contributed by atoms with Crippen molar-refractivity contribution in [3.63, 3.8) is 0 Å². The number of amides is 2. The van der Waals surface area contributed by atoms with Gasteiger partial charge in [-0.3, -0.25) is 20.4 Å². The summed E-state index contributed by atoms with van der Waals surface area (Å²) >= 11 is 0. The summed E-state index contributed by atoms with van der Waals surface area (Å²) < 4.78 is 0. The summed E-state index contributed by atoms with van der Waals surface area (Å²) in [7, 11) is 0. The van der Waals surface area contributed by atoms with Crippen molar-refractivity contribution in [2.45, 2.75) is 57.0 Å². The summed E-state index contributed by atoms with van der Waals surface area (Å²) in [6.45, 7) is 5.64. The lowest BCUT2D eigenvalue weighted by Crippen LogP contribution is -2.48. The maximum Gasteiger partial charge on any atom is 0.235 e. The largest absolute Gasteiger partial charge is 0.343 e. The molecule has 140 valence electrons. The van der Waals surface area contributed by atoms with E-state index in [4.69, 9.17) is 0 Å². The van der Waals surface area contributed by atoms with Crippen molar-refractivity contribution in [2.75, 3.05) is 18.4 Å². The predicted molar refractivity (Wildman–Crippen MR) is 100 cm³/mol. The molecule has 1 aromatic carbocycles. The highest BCUT2D eigenvalue weighted by Gasteiger charge is 2.48. The summed E-state index contributed by atoms with van der Waals surface area (Å²) in [5.74, 6) is 0.789. The van der Waals surface area contributed by atoms with E-state index in [2.05, 4.69) is 30.0 Å². The normalized spacial score (nSPS) is 29.7. The number of carbonyl (C=O) groups excluding carboxylic acids is 2. The number of piperidine rings is 1. The van der Waals surface area contributed by atoms with Gasteiger partial charge in [-0.05, 0) is 50.7 Å². The first-order chi connectivity index (χ1) is 12.5. The van der Waals surface area contributed by atoms with Crippen LogP contribution >= 0.6 is 0 Å². The molecule has 2 saturated heterocycles. The molecule has 2 unspecified atom stereocenters. The monoisotopic (exact) mass is 356 g/mol. The summed E-state index contributed by atoms with van der Waals surface area (Å²) in [6.07, 6.45) is 2.90. The molecule has 3 aliphatic heterocycles. The van der Waals surface area contributed by atoms with E-state index < -0.39 is 5.41 Å². The third-order valence-electron chi connectivity index (χ3n) is 6.61. The molecule has 6 nitrogen and oxygen atoms in total. The number of fused-ring (bicyclic) bond motifs is 2. The van der Waals surface area contributed by atoms with Gasteiger partial charge in [-0.2, -0.15) is 0 Å². The molecule has 3 N–H and O–H groups in total. The number of nitrogens with one attached hydrogen (secondary N) is 3. The van der Waals surface area contributed by atoms with Gasteiger partial charge in [0.2, 0.25) is 11.8 Å². The second-order valence-electron chi connectivity index (χ2n) is 8.03. The van der Waals surface area contributed by atoms with Crippen molar-refractivity contribution < 1.29 is 9.59 Å². The molecule has 2 fully saturated rings. The average molecular weight is 356 g/mol. The topological polar surface area (TPSA) is 73.5 Å². The zero-order valence-corrected chi connectivity index (χ0v) is 15.5. The Morgan fingerprint density at radius 3 is 2.50 bits per heavy atom. The van der Waals surface area contributed by atoms with Crippen LogP contribution in [0.2, 0.25) is 0 Å². The molecular weight excluding hydrogens is 328 g/mol. The van der Waals surface area contributed by atoms with E-state index >= 15 is 0 Å². The Bertz CT molecular complexity index is 702. The molecule has 0 radical (unpaired) electrons. The minimum atomic E-state index is -0.449. The van der Waals surface area contributed by atoms with E-state index in [0.29, 0.717) is 50.4 Å². The Hall–Kier alpha value is -1.92. The fraction of sp³-hybridized carbons (Fsp3) is 0.600. The lowest BCUT2D eigenvalue weighted by Gasteiger charge is -2.38. The number of hydrogen-bond donors (Lipinski definition) is 3. The lowest BCUT2D eigenvalue weighted by molar-refractivity contribution is -0.135. The molecule has 1 aromatic rings. The third-order valence-corrected chi connectivity index (χ3v) is 6.61. The first-order valence-electron chi connectivity index (χ1n) is 9.71. The van der Waals surface area contributed by atoms with E-state index in [1.54, 1.807) is 0 Å². The Kier molecular flexibility index (Phi) is 4.49. The molecular formula is C20H28N4O2. The van der Waals surface area contributed by atoms with Crippen LogP contribution in [0.3, 0.4) is 0 Å². The van der Waals surface area contributed by atoms with Crippen molar-refractivity contribution in [3.8, 4) is 0 Å². The number of benzene rings is 1. The molecule has 2 atom stereocenters. The average Bonchev–Trinajstić information content (AvgIpc) is 3.11. The van der Waals surface area contributed by atoms with Crippen LogP contribution in [0.4, 0.5) is 5.69 Å². The van der Waals surface area contributed by atoms with Crippen LogP contribution in [0, 0.1) is 5.92 Å². The van der Waals surface area contributed by atoms with Crippen molar-refractivity contribution in [3.05, 3.63) is 29.8 Å². The Labute approximate surface area is 154 Å². The SMILES string of the molecule is CC1NNC(C)C1CCC(=O)N1CCC2(CC1)C(=O)Nc1ccccc12. The predicted octanol–water partition coefficient (Wildman–Crippen LogP) is 1.78. The summed E-state index contributed by atoms with van der Waals surface area (Å²) in [5, 5.41) is 3.02. The van der Waals surface area contributed by atoms with Gasteiger partial charge in [0, 0.05) is 37.3 Å². The molecule has 0 aliphatic carbocycles. The van der Waals surface area contributed by atoms with Crippen molar-refractivity contribution >= 4 is 17.5 Å². The van der Waals surface area contributed by atoms with Crippen molar-refractivity contribution in [1.29, 1.82) is 0 Å². The molecule has 2 amide bonds. The van der Waals surface area contributed by atoms with E-state index in [1.807, 2.05) is 29.2 Å². The summed E-state index contributed by atoms with van der Waals surface area (Å²) in [6, 6.07) is 8.73. The molecule has 1 spiro atoms. The van der Waals surface area contributed by atoms with Gasteiger partial charge >= 0.3 is 0 Å². The van der Waals surface area contributed by atoms with Gasteiger partial charge < -0.3 is 10.2 Å². The number of hydrazine groups is 1. The fourth-order valence-electron chi connectivity index (χ4n) is 4.87. The van der Waals surface area contributed by atoms with Crippen molar-refractivity contribution in [1.82, 2.24) is 15.8 Å². The Morgan fingerprint density at radius 2 is 1.81 bits per heavy atom. The minimum absolute atomic E-state index is 0.0940.